The molecule has 0 saturated carbocycles. The zero-order valence-corrected chi connectivity index (χ0v) is 26.4. The normalized spacial score (nSPS) is 11.8. The summed E-state index contributed by atoms with van der Waals surface area (Å²) >= 11 is 1.84. The molecule has 0 atom stereocenters. The third-order valence-electron chi connectivity index (χ3n) is 9.11. The van der Waals surface area contributed by atoms with Gasteiger partial charge in [0.25, 0.3) is 0 Å². The Morgan fingerprint density at radius 2 is 1.02 bits per heavy atom. The molecule has 48 heavy (non-hydrogen) atoms. The van der Waals surface area contributed by atoms with Crippen molar-refractivity contribution in [1.82, 2.24) is 15.0 Å². The van der Waals surface area contributed by atoms with Crippen molar-refractivity contribution in [3.8, 4) is 45.3 Å². The summed E-state index contributed by atoms with van der Waals surface area (Å²) in [6, 6.07) is 52.7. The molecule has 10 rings (SSSR count). The van der Waals surface area contributed by atoms with Crippen molar-refractivity contribution < 1.29 is 4.42 Å². The summed E-state index contributed by atoms with van der Waals surface area (Å²) < 4.78 is 9.27. The van der Waals surface area contributed by atoms with E-state index in [1.54, 1.807) is 0 Å². The maximum absolute atomic E-state index is 6.70. The largest absolute Gasteiger partial charge is 0.455 e. The van der Waals surface area contributed by atoms with Crippen LogP contribution in [0.25, 0.3) is 98.2 Å². The van der Waals surface area contributed by atoms with Crippen LogP contribution in [0.2, 0.25) is 0 Å². The average molecular weight is 632 g/mol. The summed E-state index contributed by atoms with van der Waals surface area (Å²) in [5.41, 5.74) is 6.57. The number of thiophene rings is 1. The number of furan rings is 1. The highest BCUT2D eigenvalue weighted by Gasteiger charge is 2.21. The van der Waals surface area contributed by atoms with Crippen LogP contribution in [0.1, 0.15) is 0 Å². The molecular weight excluding hydrogens is 607 g/mol. The van der Waals surface area contributed by atoms with Gasteiger partial charge in [-0.2, -0.15) is 0 Å². The van der Waals surface area contributed by atoms with Crippen molar-refractivity contribution in [3.05, 3.63) is 152 Å². The number of fused-ring (bicyclic) bond motifs is 7. The maximum atomic E-state index is 6.70. The molecule has 7 aromatic carbocycles. The molecule has 0 saturated heterocycles. The van der Waals surface area contributed by atoms with Crippen LogP contribution < -0.4 is 0 Å². The quantitative estimate of drug-likeness (QED) is 0.194. The van der Waals surface area contributed by atoms with Crippen molar-refractivity contribution in [1.29, 1.82) is 0 Å². The summed E-state index contributed by atoms with van der Waals surface area (Å²) in [4.78, 5) is 15.1. The van der Waals surface area contributed by atoms with E-state index in [0.29, 0.717) is 17.5 Å². The highest BCUT2D eigenvalue weighted by atomic mass is 32.1. The van der Waals surface area contributed by atoms with E-state index in [1.807, 2.05) is 84.1 Å². The molecule has 4 nitrogen and oxygen atoms in total. The molecule has 10 aromatic rings. The minimum Gasteiger partial charge on any atom is -0.455 e. The van der Waals surface area contributed by atoms with Crippen LogP contribution in [-0.2, 0) is 0 Å². The van der Waals surface area contributed by atoms with Gasteiger partial charge in [0.1, 0.15) is 11.2 Å². The second kappa shape index (κ2) is 10.7. The maximum Gasteiger partial charge on any atom is 0.164 e. The first-order valence-electron chi connectivity index (χ1n) is 15.9. The number of hydrogen-bond donors (Lipinski definition) is 0. The first-order valence-corrected chi connectivity index (χ1v) is 16.8. The second-order valence-electron chi connectivity index (χ2n) is 12.0. The van der Waals surface area contributed by atoms with Crippen LogP contribution in [0.3, 0.4) is 0 Å². The number of nitrogens with zero attached hydrogens (tertiary/aromatic N) is 3. The molecule has 0 aliphatic heterocycles. The Bertz CT molecular complexity index is 2780. The van der Waals surface area contributed by atoms with Crippen LogP contribution >= 0.6 is 11.3 Å². The predicted molar refractivity (Wildman–Crippen MR) is 199 cm³/mol. The highest BCUT2D eigenvalue weighted by Crippen LogP contribution is 2.44. The Balaban J connectivity index is 1.22. The van der Waals surface area contributed by atoms with Gasteiger partial charge in [0.2, 0.25) is 0 Å². The van der Waals surface area contributed by atoms with Gasteiger partial charge in [-0.1, -0.05) is 109 Å². The lowest BCUT2D eigenvalue weighted by molar-refractivity contribution is 0.670. The summed E-state index contributed by atoms with van der Waals surface area (Å²) in [6.07, 6.45) is 0. The molecule has 0 aliphatic carbocycles. The summed E-state index contributed by atoms with van der Waals surface area (Å²) in [7, 11) is 0. The summed E-state index contributed by atoms with van der Waals surface area (Å²) in [5.74, 6) is 1.87. The molecule has 224 valence electrons. The molecule has 0 amide bonds. The van der Waals surface area contributed by atoms with E-state index in [9.17, 15) is 0 Å². The van der Waals surface area contributed by atoms with Crippen LogP contribution in [-0.4, -0.2) is 15.0 Å². The van der Waals surface area contributed by atoms with Gasteiger partial charge in [0.05, 0.1) is 0 Å². The van der Waals surface area contributed by atoms with Crippen molar-refractivity contribution in [2.45, 2.75) is 0 Å². The summed E-state index contributed by atoms with van der Waals surface area (Å²) in [5, 5.41) is 7.07. The van der Waals surface area contributed by atoms with Gasteiger partial charge >= 0.3 is 0 Å². The van der Waals surface area contributed by atoms with Gasteiger partial charge in [-0.3, -0.25) is 0 Å². The van der Waals surface area contributed by atoms with E-state index in [-0.39, 0.29) is 0 Å². The van der Waals surface area contributed by atoms with Crippen LogP contribution in [0, 0.1) is 0 Å². The molecule has 0 N–H and O–H groups in total. The standard InChI is InChI=1S/C43H25N3OS/c1-3-11-26(12-4-1)41-44-42(27-13-5-2-6-14-27)46-43(45-41)33-21-20-31(40-39(33)32-17-9-10-18-36(32)47-40)30-19-22-37-34(24-30)35-23-28-15-7-8-16-29(28)25-38(35)48-37/h1-25H. The lowest BCUT2D eigenvalue weighted by Gasteiger charge is -2.11. The van der Waals surface area contributed by atoms with E-state index in [0.717, 1.165) is 49.8 Å². The Hall–Kier alpha value is -6.17. The van der Waals surface area contributed by atoms with Gasteiger partial charge in [0.15, 0.2) is 17.5 Å². The fraction of sp³-hybridized carbons (Fsp3) is 0. The molecule has 5 heteroatoms. The monoisotopic (exact) mass is 631 g/mol. The Labute approximate surface area is 279 Å². The minimum atomic E-state index is 0.608. The topological polar surface area (TPSA) is 51.8 Å². The van der Waals surface area contributed by atoms with Crippen LogP contribution in [0.5, 0.6) is 0 Å². The molecule has 0 bridgehead atoms. The number of rotatable bonds is 4. The van der Waals surface area contributed by atoms with Crippen LogP contribution in [0.15, 0.2) is 156 Å². The minimum absolute atomic E-state index is 0.608. The van der Waals surface area contributed by atoms with E-state index >= 15 is 0 Å². The van der Waals surface area contributed by atoms with Gasteiger partial charge in [-0.15, -0.1) is 11.3 Å². The number of benzene rings is 7. The molecule has 3 aromatic heterocycles. The third-order valence-corrected chi connectivity index (χ3v) is 10.2. The molecule has 0 spiro atoms. The van der Waals surface area contributed by atoms with Crippen molar-refractivity contribution in [2.24, 2.45) is 0 Å². The van der Waals surface area contributed by atoms with E-state index in [1.165, 1.54) is 30.9 Å². The lowest BCUT2D eigenvalue weighted by atomic mass is 9.96. The van der Waals surface area contributed by atoms with Gasteiger partial charge < -0.3 is 4.42 Å². The molecular formula is C43H25N3OS. The number of hydrogen-bond acceptors (Lipinski definition) is 5. The predicted octanol–water partition coefficient (Wildman–Crippen LogP) is 12.0. The van der Waals surface area contributed by atoms with Gasteiger partial charge in [0, 0.05) is 53.2 Å². The Morgan fingerprint density at radius 1 is 0.417 bits per heavy atom. The SMILES string of the molecule is c1ccc(-c2nc(-c3ccccc3)nc(-c3ccc(-c4ccc5sc6cc7ccccc7cc6c5c4)c4oc5ccccc5c34)n2)cc1. The van der Waals surface area contributed by atoms with Gasteiger partial charge in [-0.05, 0) is 58.8 Å². The highest BCUT2D eigenvalue weighted by molar-refractivity contribution is 7.25. The van der Waals surface area contributed by atoms with E-state index in [4.69, 9.17) is 19.4 Å². The number of para-hydroxylation sites is 1. The van der Waals surface area contributed by atoms with Crippen molar-refractivity contribution in [3.63, 3.8) is 0 Å². The molecule has 0 aliphatic rings. The first-order chi connectivity index (χ1) is 23.8. The molecule has 3 heterocycles. The second-order valence-corrected chi connectivity index (χ2v) is 13.1. The summed E-state index contributed by atoms with van der Waals surface area (Å²) in [6.45, 7) is 0. The Kier molecular flexibility index (Phi) is 6.01. The zero-order valence-electron chi connectivity index (χ0n) is 25.6. The van der Waals surface area contributed by atoms with E-state index in [2.05, 4.69) is 78.9 Å². The van der Waals surface area contributed by atoms with E-state index < -0.39 is 0 Å². The smallest absolute Gasteiger partial charge is 0.164 e. The van der Waals surface area contributed by atoms with Crippen molar-refractivity contribution in [2.75, 3.05) is 0 Å². The fourth-order valence-electron chi connectivity index (χ4n) is 6.80. The molecule has 0 fully saturated rings. The first kappa shape index (κ1) is 27.0. The van der Waals surface area contributed by atoms with Crippen molar-refractivity contribution >= 4 is 64.2 Å². The lowest BCUT2D eigenvalue weighted by Crippen LogP contribution is -2.00. The van der Waals surface area contributed by atoms with Crippen LogP contribution in [0.4, 0.5) is 0 Å². The molecule has 0 radical (unpaired) electrons. The third kappa shape index (κ3) is 4.33. The van der Waals surface area contributed by atoms with Gasteiger partial charge in [-0.25, -0.2) is 15.0 Å². The average Bonchev–Trinajstić information content (AvgIpc) is 3.72. The molecule has 0 unspecified atom stereocenters. The number of aromatic nitrogens is 3. The Morgan fingerprint density at radius 3 is 1.77 bits per heavy atom. The fourth-order valence-corrected chi connectivity index (χ4v) is 7.92. The zero-order chi connectivity index (χ0) is 31.6.